The van der Waals surface area contributed by atoms with Crippen molar-refractivity contribution in [1.82, 2.24) is 9.97 Å². The Hall–Kier alpha value is -2.62. The first kappa shape index (κ1) is 12.8. The first-order chi connectivity index (χ1) is 9.20. The van der Waals surface area contributed by atoms with Crippen LogP contribution in [0.2, 0.25) is 0 Å². The zero-order chi connectivity index (χ0) is 13.7. The maximum absolute atomic E-state index is 11.7. The third-order valence-corrected chi connectivity index (χ3v) is 2.63. The molecule has 1 heterocycles. The first-order valence-electron chi connectivity index (χ1n) is 5.93. The standard InChI is InChI=1S/C15H14N2O2/c1-2-12-14(18)17-13(15(19)16-12)10-6-9-11-7-4-3-5-8-11/h2-10H,1H3,(H,16,19)(H,17,18)/b9-6+,12-2+,13-10+. The van der Waals surface area contributed by atoms with E-state index in [0.717, 1.165) is 5.56 Å². The number of nitrogens with one attached hydrogen (secondary N) is 2. The fourth-order valence-electron chi connectivity index (χ4n) is 1.63. The molecule has 2 N–H and O–H groups in total. The molecule has 1 aromatic carbocycles. The molecule has 0 amide bonds. The third-order valence-electron chi connectivity index (χ3n) is 2.63. The van der Waals surface area contributed by atoms with E-state index >= 15 is 0 Å². The lowest BCUT2D eigenvalue weighted by Gasteiger charge is -1.89. The molecular weight excluding hydrogens is 240 g/mol. The van der Waals surface area contributed by atoms with Crippen LogP contribution in [0.25, 0.3) is 18.2 Å². The molecule has 0 unspecified atom stereocenters. The SMILES string of the molecule is C/C=c1/[nH]c(=O)/c(=C\C=C\c2ccccc2)[nH]c1=O. The lowest BCUT2D eigenvalue weighted by molar-refractivity contribution is 1.00. The highest BCUT2D eigenvalue weighted by Gasteiger charge is 1.92. The Balaban J connectivity index is 2.41. The molecule has 2 rings (SSSR count). The topological polar surface area (TPSA) is 65.7 Å². The third kappa shape index (κ3) is 3.19. The molecule has 0 bridgehead atoms. The summed E-state index contributed by atoms with van der Waals surface area (Å²) in [5, 5.41) is 0.511. The Morgan fingerprint density at radius 1 is 0.947 bits per heavy atom. The second-order valence-corrected chi connectivity index (χ2v) is 3.96. The molecule has 0 aliphatic carbocycles. The molecule has 0 aliphatic rings. The van der Waals surface area contributed by atoms with Crippen LogP contribution < -0.4 is 21.8 Å². The normalized spacial score (nSPS) is 13.3. The maximum atomic E-state index is 11.7. The van der Waals surface area contributed by atoms with Gasteiger partial charge in [0.1, 0.15) is 10.7 Å². The summed E-state index contributed by atoms with van der Waals surface area (Å²) in [4.78, 5) is 28.3. The molecule has 0 saturated carbocycles. The van der Waals surface area contributed by atoms with Crippen LogP contribution in [-0.4, -0.2) is 9.97 Å². The van der Waals surface area contributed by atoms with Gasteiger partial charge in [-0.2, -0.15) is 0 Å². The second kappa shape index (κ2) is 5.82. The van der Waals surface area contributed by atoms with Crippen LogP contribution in [0.15, 0.2) is 46.0 Å². The Bertz CT molecular complexity index is 812. The summed E-state index contributed by atoms with van der Waals surface area (Å²) < 4.78 is 0. The highest BCUT2D eigenvalue weighted by Crippen LogP contribution is 2.00. The number of hydrogen-bond acceptors (Lipinski definition) is 2. The number of rotatable bonds is 2. The van der Waals surface area contributed by atoms with E-state index in [2.05, 4.69) is 9.97 Å². The van der Waals surface area contributed by atoms with Crippen LogP contribution in [0.5, 0.6) is 0 Å². The average Bonchev–Trinajstić information content (AvgIpc) is 2.43. The minimum absolute atomic E-state index is 0.239. The summed E-state index contributed by atoms with van der Waals surface area (Å²) in [6, 6.07) is 9.70. The van der Waals surface area contributed by atoms with Gasteiger partial charge in [-0.25, -0.2) is 0 Å². The van der Waals surface area contributed by atoms with Crippen molar-refractivity contribution in [2.75, 3.05) is 0 Å². The number of hydrogen-bond donors (Lipinski definition) is 2. The largest absolute Gasteiger partial charge is 0.316 e. The Labute approximate surface area is 109 Å². The molecule has 4 heteroatoms. The minimum Gasteiger partial charge on any atom is -0.316 e. The summed E-state index contributed by atoms with van der Waals surface area (Å²) in [5.74, 6) is 0. The van der Waals surface area contributed by atoms with E-state index in [9.17, 15) is 9.59 Å². The van der Waals surface area contributed by atoms with Crippen molar-refractivity contribution < 1.29 is 0 Å². The van der Waals surface area contributed by atoms with Gasteiger partial charge >= 0.3 is 0 Å². The molecule has 0 saturated heterocycles. The average molecular weight is 254 g/mol. The molecule has 19 heavy (non-hydrogen) atoms. The van der Waals surface area contributed by atoms with Crippen LogP contribution in [-0.2, 0) is 0 Å². The lowest BCUT2D eigenvalue weighted by Crippen LogP contribution is -2.46. The van der Waals surface area contributed by atoms with E-state index in [-0.39, 0.29) is 21.8 Å². The van der Waals surface area contributed by atoms with Crippen LogP contribution >= 0.6 is 0 Å². The number of aromatic nitrogens is 2. The highest BCUT2D eigenvalue weighted by molar-refractivity contribution is 5.56. The molecule has 2 aromatic rings. The van der Waals surface area contributed by atoms with Crippen molar-refractivity contribution in [2.24, 2.45) is 0 Å². The van der Waals surface area contributed by atoms with E-state index in [0.29, 0.717) is 0 Å². The quantitative estimate of drug-likeness (QED) is 0.812. The molecule has 4 nitrogen and oxygen atoms in total. The van der Waals surface area contributed by atoms with Gasteiger partial charge in [0.15, 0.2) is 0 Å². The van der Waals surface area contributed by atoms with Crippen LogP contribution in [0.1, 0.15) is 12.5 Å². The highest BCUT2D eigenvalue weighted by atomic mass is 16.1. The lowest BCUT2D eigenvalue weighted by atomic mass is 10.2. The van der Waals surface area contributed by atoms with Crippen molar-refractivity contribution in [2.45, 2.75) is 6.92 Å². The van der Waals surface area contributed by atoms with Gasteiger partial charge in [0.05, 0.1) is 0 Å². The summed E-state index contributed by atoms with van der Waals surface area (Å²) in [5.41, 5.74) is 0.405. The van der Waals surface area contributed by atoms with Crippen molar-refractivity contribution in [3.05, 3.63) is 73.4 Å². The van der Waals surface area contributed by atoms with Crippen LogP contribution in [0.3, 0.4) is 0 Å². The molecule has 96 valence electrons. The van der Waals surface area contributed by atoms with Gasteiger partial charge < -0.3 is 9.97 Å². The van der Waals surface area contributed by atoms with Crippen molar-refractivity contribution in [3.8, 4) is 0 Å². The summed E-state index contributed by atoms with van der Waals surface area (Å²) in [6.07, 6.45) is 6.72. The smallest absolute Gasteiger partial charge is 0.272 e. The van der Waals surface area contributed by atoms with Gasteiger partial charge in [-0.3, -0.25) is 9.59 Å². The predicted octanol–water partition coefficient (Wildman–Crippen LogP) is 0.357. The van der Waals surface area contributed by atoms with Gasteiger partial charge in [0, 0.05) is 0 Å². The van der Waals surface area contributed by atoms with Crippen molar-refractivity contribution >= 4 is 18.2 Å². The maximum Gasteiger partial charge on any atom is 0.272 e. The van der Waals surface area contributed by atoms with E-state index < -0.39 is 0 Å². The fourth-order valence-corrected chi connectivity index (χ4v) is 1.63. The molecule has 0 spiro atoms. The monoisotopic (exact) mass is 254 g/mol. The summed E-state index contributed by atoms with van der Waals surface area (Å²) >= 11 is 0. The van der Waals surface area contributed by atoms with Gasteiger partial charge in [0.2, 0.25) is 0 Å². The van der Waals surface area contributed by atoms with E-state index in [4.69, 9.17) is 0 Å². The van der Waals surface area contributed by atoms with Gasteiger partial charge in [0.25, 0.3) is 11.1 Å². The Morgan fingerprint density at radius 3 is 2.26 bits per heavy atom. The number of H-pyrrole nitrogens is 2. The second-order valence-electron chi connectivity index (χ2n) is 3.96. The molecule has 0 radical (unpaired) electrons. The molecule has 0 aliphatic heterocycles. The predicted molar refractivity (Wildman–Crippen MR) is 77.0 cm³/mol. The number of benzene rings is 1. The molecule has 0 atom stereocenters. The fraction of sp³-hybridized carbons (Fsp3) is 0.0667. The first-order valence-corrected chi connectivity index (χ1v) is 5.93. The molecular formula is C15H14N2O2. The van der Waals surface area contributed by atoms with Crippen LogP contribution in [0, 0.1) is 0 Å². The van der Waals surface area contributed by atoms with Gasteiger partial charge in [-0.1, -0.05) is 48.6 Å². The zero-order valence-electron chi connectivity index (χ0n) is 10.5. The number of aromatic amines is 2. The van der Waals surface area contributed by atoms with Crippen LogP contribution in [0.4, 0.5) is 0 Å². The summed E-state index contributed by atoms with van der Waals surface area (Å²) in [7, 11) is 0. The Morgan fingerprint density at radius 2 is 1.58 bits per heavy atom. The van der Waals surface area contributed by atoms with E-state index in [1.54, 1.807) is 25.2 Å². The molecule has 1 aromatic heterocycles. The number of allylic oxidation sites excluding steroid dienone is 1. The van der Waals surface area contributed by atoms with Crippen molar-refractivity contribution in [1.29, 1.82) is 0 Å². The van der Waals surface area contributed by atoms with E-state index in [1.807, 2.05) is 36.4 Å². The summed E-state index contributed by atoms with van der Waals surface area (Å²) in [6.45, 7) is 1.69. The van der Waals surface area contributed by atoms with Gasteiger partial charge in [-0.15, -0.1) is 0 Å². The zero-order valence-corrected chi connectivity index (χ0v) is 10.5. The van der Waals surface area contributed by atoms with Crippen molar-refractivity contribution in [3.63, 3.8) is 0 Å². The van der Waals surface area contributed by atoms with E-state index in [1.165, 1.54) is 0 Å². The molecule has 0 fully saturated rings. The Kier molecular flexibility index (Phi) is 3.93. The van der Waals surface area contributed by atoms with Gasteiger partial charge in [-0.05, 0) is 18.6 Å². The minimum atomic E-state index is -0.314.